The monoisotopic (exact) mass is 426 g/mol. The molecule has 32 heavy (non-hydrogen) atoms. The fourth-order valence-electron chi connectivity index (χ4n) is 3.38. The van der Waals surface area contributed by atoms with E-state index >= 15 is 0 Å². The topological polar surface area (TPSA) is 73.3 Å². The first kappa shape index (κ1) is 20.9. The third-order valence-corrected chi connectivity index (χ3v) is 5.09. The van der Waals surface area contributed by atoms with Gasteiger partial charge in [0.2, 0.25) is 0 Å². The summed E-state index contributed by atoms with van der Waals surface area (Å²) in [5.74, 6) is 1.33. The van der Waals surface area contributed by atoms with E-state index in [1.807, 2.05) is 48.5 Å². The minimum absolute atomic E-state index is 0.155. The molecule has 0 radical (unpaired) electrons. The van der Waals surface area contributed by atoms with E-state index in [0.717, 1.165) is 22.6 Å². The molecule has 0 aliphatic rings. The van der Waals surface area contributed by atoms with Gasteiger partial charge in [0, 0.05) is 17.3 Å². The second-order valence-electron chi connectivity index (χ2n) is 7.06. The van der Waals surface area contributed by atoms with Crippen molar-refractivity contribution < 1.29 is 14.3 Å². The number of allylic oxidation sites excluding steroid dienone is 1. The molecule has 0 bridgehead atoms. The third-order valence-electron chi connectivity index (χ3n) is 5.09. The lowest BCUT2D eigenvalue weighted by Crippen LogP contribution is -2.16. The number of benzene rings is 3. The van der Waals surface area contributed by atoms with Gasteiger partial charge in [-0.2, -0.15) is 0 Å². The van der Waals surface area contributed by atoms with Crippen molar-refractivity contribution in [1.29, 1.82) is 0 Å². The summed E-state index contributed by atoms with van der Waals surface area (Å²) in [6.45, 7) is 0. The highest BCUT2D eigenvalue weighted by Gasteiger charge is 2.12. The van der Waals surface area contributed by atoms with Crippen molar-refractivity contribution in [2.24, 2.45) is 0 Å². The molecule has 0 amide bonds. The van der Waals surface area contributed by atoms with Gasteiger partial charge in [0.15, 0.2) is 5.78 Å². The molecule has 0 spiro atoms. The first-order chi connectivity index (χ1) is 15.6. The molecule has 0 fully saturated rings. The van der Waals surface area contributed by atoms with E-state index in [0.29, 0.717) is 16.9 Å². The molecule has 1 N–H and O–H groups in total. The van der Waals surface area contributed by atoms with Crippen LogP contribution in [0.4, 0.5) is 0 Å². The maximum Gasteiger partial charge on any atom is 0.330 e. The molecule has 0 aliphatic carbocycles. The lowest BCUT2D eigenvalue weighted by atomic mass is 10.1. The number of ether oxygens (including phenoxy) is 2. The minimum Gasteiger partial charge on any atom is -0.497 e. The molecular weight excluding hydrogens is 404 g/mol. The number of ketones is 1. The molecule has 4 aromatic rings. The van der Waals surface area contributed by atoms with E-state index in [1.165, 1.54) is 6.08 Å². The van der Waals surface area contributed by atoms with E-state index in [2.05, 4.69) is 4.98 Å². The van der Waals surface area contributed by atoms with Crippen LogP contribution >= 0.6 is 0 Å². The lowest BCUT2D eigenvalue weighted by molar-refractivity contribution is 0.104. The molecule has 0 aliphatic heterocycles. The van der Waals surface area contributed by atoms with Crippen LogP contribution in [0.2, 0.25) is 0 Å². The summed E-state index contributed by atoms with van der Waals surface area (Å²) in [6.07, 6.45) is 4.92. The smallest absolute Gasteiger partial charge is 0.330 e. The zero-order chi connectivity index (χ0) is 22.5. The molecule has 4 rings (SSSR count). The molecule has 0 saturated carbocycles. The summed E-state index contributed by atoms with van der Waals surface area (Å²) >= 11 is 0. The first-order valence-corrected chi connectivity index (χ1v) is 10.0. The lowest BCUT2D eigenvalue weighted by Gasteiger charge is -2.09. The van der Waals surface area contributed by atoms with E-state index in [-0.39, 0.29) is 11.5 Å². The number of H-pyrrole nitrogens is 1. The average molecular weight is 426 g/mol. The Morgan fingerprint density at radius 2 is 1.56 bits per heavy atom. The number of methoxy groups -OCH3 is 2. The Labute approximate surface area is 185 Å². The third kappa shape index (κ3) is 4.39. The van der Waals surface area contributed by atoms with Gasteiger partial charge in [-0.25, -0.2) is 4.79 Å². The quantitative estimate of drug-likeness (QED) is 0.342. The molecule has 0 atom stereocenters. The number of carbonyl (C=O) groups excluding carboxylic acids is 1. The van der Waals surface area contributed by atoms with Gasteiger partial charge in [0.1, 0.15) is 11.5 Å². The molecule has 160 valence electrons. The summed E-state index contributed by atoms with van der Waals surface area (Å²) in [5, 5.41) is 0. The van der Waals surface area contributed by atoms with Crippen LogP contribution in [-0.2, 0) is 0 Å². The number of carbonyl (C=O) groups is 1. The van der Waals surface area contributed by atoms with Crippen LogP contribution in [0.3, 0.4) is 0 Å². The molecular formula is C26H22N2O4. The normalized spacial score (nSPS) is 10.9. The van der Waals surface area contributed by atoms with Gasteiger partial charge < -0.3 is 14.5 Å². The number of nitrogens with one attached hydrogen (secondary N) is 1. The van der Waals surface area contributed by atoms with Gasteiger partial charge in [-0.3, -0.25) is 9.36 Å². The van der Waals surface area contributed by atoms with Gasteiger partial charge in [-0.05, 0) is 60.2 Å². The second kappa shape index (κ2) is 9.22. The predicted molar refractivity (Wildman–Crippen MR) is 125 cm³/mol. The summed E-state index contributed by atoms with van der Waals surface area (Å²) in [5.41, 5.74) is 3.23. The van der Waals surface area contributed by atoms with Gasteiger partial charge >= 0.3 is 5.69 Å². The number of imidazole rings is 1. The fourth-order valence-corrected chi connectivity index (χ4v) is 3.38. The Morgan fingerprint density at radius 1 is 0.906 bits per heavy atom. The van der Waals surface area contributed by atoms with Crippen LogP contribution in [0, 0.1) is 0 Å². The van der Waals surface area contributed by atoms with E-state index in [4.69, 9.17) is 9.47 Å². The highest BCUT2D eigenvalue weighted by molar-refractivity contribution is 6.07. The van der Waals surface area contributed by atoms with Gasteiger partial charge in [-0.1, -0.05) is 30.3 Å². The van der Waals surface area contributed by atoms with Gasteiger partial charge in [-0.15, -0.1) is 0 Å². The SMILES string of the molecule is COc1ccc(C=CC(=O)c2cccc(-n3c(-c4ccc(OC)cc4)c[nH]c3=O)c2)cc1. The molecule has 0 unspecified atom stereocenters. The molecule has 1 heterocycles. The molecule has 6 nitrogen and oxygen atoms in total. The van der Waals surface area contributed by atoms with Gasteiger partial charge in [0.25, 0.3) is 0 Å². The van der Waals surface area contributed by atoms with Crippen molar-refractivity contribution in [2.75, 3.05) is 14.2 Å². The van der Waals surface area contributed by atoms with Crippen LogP contribution in [0.15, 0.2) is 89.9 Å². The summed E-state index contributed by atoms with van der Waals surface area (Å²) < 4.78 is 11.9. The summed E-state index contributed by atoms with van der Waals surface area (Å²) in [4.78, 5) is 28.0. The Morgan fingerprint density at radius 3 is 2.22 bits per heavy atom. The Balaban J connectivity index is 1.63. The highest BCUT2D eigenvalue weighted by atomic mass is 16.5. The Hall–Kier alpha value is -4.32. The van der Waals surface area contributed by atoms with Crippen molar-refractivity contribution in [1.82, 2.24) is 9.55 Å². The van der Waals surface area contributed by atoms with E-state index < -0.39 is 0 Å². The molecule has 6 heteroatoms. The minimum atomic E-state index is -0.283. The van der Waals surface area contributed by atoms with E-state index in [9.17, 15) is 9.59 Å². The molecule has 3 aromatic carbocycles. The van der Waals surface area contributed by atoms with Crippen molar-refractivity contribution in [3.8, 4) is 28.4 Å². The largest absolute Gasteiger partial charge is 0.497 e. The number of rotatable bonds is 7. The zero-order valence-electron chi connectivity index (χ0n) is 17.7. The van der Waals surface area contributed by atoms with Crippen molar-refractivity contribution >= 4 is 11.9 Å². The summed E-state index contributed by atoms with van der Waals surface area (Å²) in [7, 11) is 3.21. The first-order valence-electron chi connectivity index (χ1n) is 10.0. The maximum atomic E-state index is 12.8. The van der Waals surface area contributed by atoms with Crippen LogP contribution < -0.4 is 15.2 Å². The molecule has 1 aromatic heterocycles. The van der Waals surface area contributed by atoms with Crippen LogP contribution in [0.1, 0.15) is 15.9 Å². The Kier molecular flexibility index (Phi) is 6.03. The fraction of sp³-hybridized carbons (Fsp3) is 0.0769. The number of hydrogen-bond donors (Lipinski definition) is 1. The Bertz CT molecular complexity index is 1310. The standard InChI is InChI=1S/C26H22N2O4/c1-31-22-11-6-18(7-12-22)8-15-25(29)20-4-3-5-21(16-20)28-24(17-27-26(28)30)19-9-13-23(32-2)14-10-19/h3-17H,1-2H3,(H,27,30). The zero-order valence-corrected chi connectivity index (χ0v) is 17.7. The predicted octanol–water partition coefficient (Wildman–Crippen LogP) is 4.75. The van der Waals surface area contributed by atoms with Crippen LogP contribution in [-0.4, -0.2) is 29.6 Å². The number of hydrogen-bond acceptors (Lipinski definition) is 4. The average Bonchev–Trinajstić information content (AvgIpc) is 3.24. The maximum absolute atomic E-state index is 12.8. The highest BCUT2D eigenvalue weighted by Crippen LogP contribution is 2.24. The van der Waals surface area contributed by atoms with Crippen molar-refractivity contribution in [3.05, 3.63) is 107 Å². The molecule has 0 saturated heterocycles. The number of nitrogens with zero attached hydrogens (tertiary/aromatic N) is 1. The van der Waals surface area contributed by atoms with Crippen LogP contribution in [0.25, 0.3) is 23.0 Å². The number of aromatic nitrogens is 2. The number of aromatic amines is 1. The van der Waals surface area contributed by atoms with Crippen molar-refractivity contribution in [2.45, 2.75) is 0 Å². The van der Waals surface area contributed by atoms with Crippen LogP contribution in [0.5, 0.6) is 11.5 Å². The van der Waals surface area contributed by atoms with Gasteiger partial charge in [0.05, 0.1) is 25.6 Å². The second-order valence-corrected chi connectivity index (χ2v) is 7.06. The van der Waals surface area contributed by atoms with Crippen molar-refractivity contribution in [3.63, 3.8) is 0 Å². The van der Waals surface area contributed by atoms with E-state index in [1.54, 1.807) is 55.3 Å². The summed E-state index contributed by atoms with van der Waals surface area (Å²) in [6, 6.07) is 21.9.